The fourth-order valence-corrected chi connectivity index (χ4v) is 2.02. The van der Waals surface area contributed by atoms with Gasteiger partial charge in [0.2, 0.25) is 0 Å². The van der Waals surface area contributed by atoms with Gasteiger partial charge in [-0.25, -0.2) is 4.79 Å². The minimum atomic E-state index is -0.453. The lowest BCUT2D eigenvalue weighted by Gasteiger charge is -2.36. The van der Waals surface area contributed by atoms with Gasteiger partial charge in [-0.1, -0.05) is 51.1 Å². The predicted molar refractivity (Wildman–Crippen MR) is 78.7 cm³/mol. The van der Waals surface area contributed by atoms with Crippen molar-refractivity contribution in [3.63, 3.8) is 0 Å². The van der Waals surface area contributed by atoms with Crippen molar-refractivity contribution >= 4 is 6.09 Å². The molecule has 2 rings (SSSR count). The second-order valence-electron chi connectivity index (χ2n) is 6.27. The summed E-state index contributed by atoms with van der Waals surface area (Å²) < 4.78 is 16.4. The van der Waals surface area contributed by atoms with E-state index < -0.39 is 6.09 Å². The van der Waals surface area contributed by atoms with E-state index in [2.05, 4.69) is 26.1 Å². The number of alkyl carbamates (subject to hydrolysis) is 1. The Morgan fingerprint density at radius 3 is 2.43 bits per heavy atom. The second-order valence-corrected chi connectivity index (χ2v) is 6.27. The summed E-state index contributed by atoms with van der Waals surface area (Å²) in [4.78, 5) is 11.7. The van der Waals surface area contributed by atoms with Crippen LogP contribution in [0.5, 0.6) is 0 Å². The summed E-state index contributed by atoms with van der Waals surface area (Å²) in [5, 5.41) is 2.75. The molecule has 1 saturated heterocycles. The van der Waals surface area contributed by atoms with Gasteiger partial charge in [-0.15, -0.1) is 0 Å². The number of amides is 1. The first-order valence-corrected chi connectivity index (χ1v) is 7.15. The number of hydrogen-bond donors (Lipinski definition) is 1. The Hall–Kier alpha value is -1.59. The van der Waals surface area contributed by atoms with Crippen LogP contribution in [-0.4, -0.2) is 31.6 Å². The summed E-state index contributed by atoms with van der Waals surface area (Å²) in [7, 11) is 0. The highest BCUT2D eigenvalue weighted by Gasteiger charge is 2.32. The predicted octanol–water partition coefficient (Wildman–Crippen LogP) is 2.70. The lowest BCUT2D eigenvalue weighted by atomic mass is 9.95. The Morgan fingerprint density at radius 2 is 1.86 bits per heavy atom. The molecular formula is C16H23NO4. The first-order chi connectivity index (χ1) is 9.95. The highest BCUT2D eigenvalue weighted by Crippen LogP contribution is 2.25. The molecule has 0 radical (unpaired) electrons. The molecule has 1 aliphatic heterocycles. The molecule has 5 nitrogen and oxygen atoms in total. The Morgan fingerprint density at radius 1 is 1.24 bits per heavy atom. The van der Waals surface area contributed by atoms with E-state index in [0.29, 0.717) is 13.2 Å². The zero-order valence-corrected chi connectivity index (χ0v) is 12.8. The van der Waals surface area contributed by atoms with E-state index in [1.807, 2.05) is 30.3 Å². The SMILES string of the molecule is CC(C)(C)C1OCC(NC(=O)OCc2ccccc2)CO1. The lowest BCUT2D eigenvalue weighted by molar-refractivity contribution is -0.232. The molecule has 1 aromatic carbocycles. The van der Waals surface area contributed by atoms with Crippen molar-refractivity contribution in [3.05, 3.63) is 35.9 Å². The van der Waals surface area contributed by atoms with Crippen molar-refractivity contribution in [2.24, 2.45) is 5.41 Å². The van der Waals surface area contributed by atoms with Crippen LogP contribution in [0, 0.1) is 5.41 Å². The van der Waals surface area contributed by atoms with E-state index in [1.165, 1.54) is 0 Å². The van der Waals surface area contributed by atoms with Crippen LogP contribution in [0.2, 0.25) is 0 Å². The fraction of sp³-hybridized carbons (Fsp3) is 0.562. The number of carbonyl (C=O) groups excluding carboxylic acids is 1. The summed E-state index contributed by atoms with van der Waals surface area (Å²) in [6.07, 6.45) is -0.693. The van der Waals surface area contributed by atoms with Crippen LogP contribution in [0.15, 0.2) is 30.3 Å². The van der Waals surface area contributed by atoms with E-state index in [-0.39, 0.29) is 24.4 Å². The number of rotatable bonds is 3. The van der Waals surface area contributed by atoms with Gasteiger partial charge in [0.1, 0.15) is 6.61 Å². The first-order valence-electron chi connectivity index (χ1n) is 7.15. The number of carbonyl (C=O) groups is 1. The number of ether oxygens (including phenoxy) is 3. The minimum Gasteiger partial charge on any atom is -0.445 e. The van der Waals surface area contributed by atoms with Gasteiger partial charge < -0.3 is 19.5 Å². The molecule has 1 fully saturated rings. The first kappa shape index (κ1) is 15.8. The quantitative estimate of drug-likeness (QED) is 0.931. The van der Waals surface area contributed by atoms with Crippen molar-refractivity contribution in [1.82, 2.24) is 5.32 Å². The van der Waals surface area contributed by atoms with Crippen LogP contribution >= 0.6 is 0 Å². The number of hydrogen-bond acceptors (Lipinski definition) is 4. The maximum absolute atomic E-state index is 11.7. The molecule has 0 spiro atoms. The Bertz CT molecular complexity index is 447. The van der Waals surface area contributed by atoms with E-state index in [1.54, 1.807) is 0 Å². The minimum absolute atomic E-state index is 0.0706. The van der Waals surface area contributed by atoms with Crippen molar-refractivity contribution < 1.29 is 19.0 Å². The Kier molecular flexibility index (Phi) is 5.20. The monoisotopic (exact) mass is 293 g/mol. The molecule has 0 atom stereocenters. The van der Waals surface area contributed by atoms with Crippen molar-refractivity contribution in [2.75, 3.05) is 13.2 Å². The molecule has 1 aliphatic rings. The highest BCUT2D eigenvalue weighted by molar-refractivity contribution is 5.67. The summed E-state index contributed by atoms with van der Waals surface area (Å²) in [6, 6.07) is 9.39. The average molecular weight is 293 g/mol. The van der Waals surface area contributed by atoms with Crippen LogP contribution in [0.25, 0.3) is 0 Å². The smallest absolute Gasteiger partial charge is 0.407 e. The third kappa shape index (κ3) is 5.02. The molecule has 21 heavy (non-hydrogen) atoms. The van der Waals surface area contributed by atoms with E-state index >= 15 is 0 Å². The highest BCUT2D eigenvalue weighted by atomic mass is 16.7. The molecule has 1 N–H and O–H groups in total. The Balaban J connectivity index is 1.70. The summed E-state index contributed by atoms with van der Waals surface area (Å²) >= 11 is 0. The van der Waals surface area contributed by atoms with Gasteiger partial charge >= 0.3 is 6.09 Å². The number of nitrogens with one attached hydrogen (secondary N) is 1. The second kappa shape index (κ2) is 6.91. The van der Waals surface area contributed by atoms with Gasteiger partial charge in [-0.3, -0.25) is 0 Å². The molecular weight excluding hydrogens is 270 g/mol. The van der Waals surface area contributed by atoms with E-state index in [9.17, 15) is 4.79 Å². The van der Waals surface area contributed by atoms with Gasteiger partial charge in [-0.05, 0) is 5.56 Å². The van der Waals surface area contributed by atoms with Gasteiger partial charge in [0.25, 0.3) is 0 Å². The zero-order chi connectivity index (χ0) is 15.3. The Labute approximate surface area is 125 Å². The van der Waals surface area contributed by atoms with Crippen LogP contribution in [0.4, 0.5) is 4.79 Å². The zero-order valence-electron chi connectivity index (χ0n) is 12.8. The van der Waals surface area contributed by atoms with Gasteiger partial charge in [-0.2, -0.15) is 0 Å². The number of benzene rings is 1. The normalized spacial score (nSPS) is 22.6. The van der Waals surface area contributed by atoms with Gasteiger partial charge in [0.05, 0.1) is 19.3 Å². The molecule has 5 heteroatoms. The van der Waals surface area contributed by atoms with Crippen LogP contribution < -0.4 is 5.32 Å². The molecule has 1 amide bonds. The third-order valence-corrected chi connectivity index (χ3v) is 3.14. The van der Waals surface area contributed by atoms with E-state index in [4.69, 9.17) is 14.2 Å². The molecule has 0 bridgehead atoms. The summed E-state index contributed by atoms with van der Waals surface area (Å²) in [5.41, 5.74) is 0.885. The average Bonchev–Trinajstić information content (AvgIpc) is 2.46. The summed E-state index contributed by atoms with van der Waals surface area (Å²) in [6.45, 7) is 7.29. The summed E-state index contributed by atoms with van der Waals surface area (Å²) in [5.74, 6) is 0. The van der Waals surface area contributed by atoms with E-state index in [0.717, 1.165) is 5.56 Å². The molecule has 116 valence electrons. The van der Waals surface area contributed by atoms with Crippen molar-refractivity contribution in [3.8, 4) is 0 Å². The molecule has 1 aromatic rings. The third-order valence-electron chi connectivity index (χ3n) is 3.14. The molecule has 0 unspecified atom stereocenters. The molecule has 1 heterocycles. The van der Waals surface area contributed by atoms with Crippen LogP contribution in [0.1, 0.15) is 26.3 Å². The van der Waals surface area contributed by atoms with Crippen LogP contribution in [-0.2, 0) is 20.8 Å². The standard InChI is InChI=1S/C16H23NO4/c1-16(2,3)14-19-10-13(11-20-14)17-15(18)21-9-12-7-5-4-6-8-12/h4-8,13-14H,9-11H2,1-3H3,(H,17,18). The largest absolute Gasteiger partial charge is 0.445 e. The van der Waals surface area contributed by atoms with Crippen molar-refractivity contribution in [1.29, 1.82) is 0 Å². The van der Waals surface area contributed by atoms with Gasteiger partial charge in [0, 0.05) is 5.41 Å². The molecule has 0 saturated carbocycles. The van der Waals surface area contributed by atoms with Gasteiger partial charge in [0.15, 0.2) is 6.29 Å². The van der Waals surface area contributed by atoms with Crippen molar-refractivity contribution in [2.45, 2.75) is 39.7 Å². The maximum Gasteiger partial charge on any atom is 0.407 e. The van der Waals surface area contributed by atoms with Crippen LogP contribution in [0.3, 0.4) is 0 Å². The maximum atomic E-state index is 11.7. The fourth-order valence-electron chi connectivity index (χ4n) is 2.02. The lowest BCUT2D eigenvalue weighted by Crippen LogP contribution is -2.50. The molecule has 0 aromatic heterocycles. The molecule has 0 aliphatic carbocycles. The topological polar surface area (TPSA) is 56.8 Å².